The summed E-state index contributed by atoms with van der Waals surface area (Å²) in [4.78, 5) is 12.1. The average Bonchev–Trinajstić information content (AvgIpc) is 2.33. The van der Waals surface area contributed by atoms with Crippen LogP contribution in [0, 0.1) is 15.4 Å². The van der Waals surface area contributed by atoms with E-state index in [1.165, 1.54) is 0 Å². The van der Waals surface area contributed by atoms with E-state index in [1.807, 2.05) is 18.2 Å². The molecule has 1 fully saturated rings. The second-order valence-corrected chi connectivity index (χ2v) is 6.72. The molecule has 1 aromatic rings. The quantitative estimate of drug-likeness (QED) is 0.743. The maximum atomic E-state index is 12.1. The molecule has 1 amide bonds. The minimum atomic E-state index is 0.116. The number of anilines is 1. The monoisotopic (exact) mass is 377 g/mol. The predicted octanol–water partition coefficient (Wildman–Crippen LogP) is 4.71. The highest BCUT2D eigenvalue weighted by Crippen LogP contribution is 2.30. The lowest BCUT2D eigenvalue weighted by atomic mass is 9.82. The number of carbonyl (C=O) groups excluding carboxylic acids is 1. The number of rotatable bonds is 2. The standard InChI is InChI=1S/C14H17ClINO/c1-9-2-4-10(5-3-9)14(18)17-13-7-6-11(16)8-12(13)15/h6-10H,2-5H2,1H3,(H,17,18). The van der Waals surface area contributed by atoms with Crippen LogP contribution in [-0.4, -0.2) is 5.91 Å². The highest BCUT2D eigenvalue weighted by molar-refractivity contribution is 14.1. The molecular formula is C14H17ClINO. The first-order valence-electron chi connectivity index (χ1n) is 6.32. The molecule has 1 aliphatic carbocycles. The summed E-state index contributed by atoms with van der Waals surface area (Å²) in [6.07, 6.45) is 4.29. The molecule has 0 spiro atoms. The van der Waals surface area contributed by atoms with Gasteiger partial charge in [-0.05, 0) is 72.4 Å². The Kier molecular flexibility index (Phi) is 4.90. The molecule has 0 bridgehead atoms. The van der Waals surface area contributed by atoms with Crippen molar-refractivity contribution in [2.24, 2.45) is 11.8 Å². The van der Waals surface area contributed by atoms with Gasteiger partial charge in [-0.1, -0.05) is 18.5 Å². The molecule has 0 atom stereocenters. The first kappa shape index (κ1) is 14.1. The zero-order chi connectivity index (χ0) is 13.1. The summed E-state index contributed by atoms with van der Waals surface area (Å²) in [5.74, 6) is 1.03. The van der Waals surface area contributed by atoms with E-state index in [9.17, 15) is 4.79 Å². The van der Waals surface area contributed by atoms with Crippen molar-refractivity contribution in [1.82, 2.24) is 0 Å². The first-order valence-corrected chi connectivity index (χ1v) is 7.78. The van der Waals surface area contributed by atoms with Crippen molar-refractivity contribution < 1.29 is 4.79 Å². The van der Waals surface area contributed by atoms with Gasteiger partial charge in [0.2, 0.25) is 5.91 Å². The van der Waals surface area contributed by atoms with Crippen LogP contribution in [0.25, 0.3) is 0 Å². The van der Waals surface area contributed by atoms with Crippen molar-refractivity contribution in [3.05, 3.63) is 26.8 Å². The van der Waals surface area contributed by atoms with Crippen LogP contribution >= 0.6 is 34.2 Å². The minimum Gasteiger partial charge on any atom is -0.325 e. The lowest BCUT2D eigenvalue weighted by Gasteiger charge is -2.25. The molecule has 0 aromatic heterocycles. The number of benzene rings is 1. The van der Waals surface area contributed by atoms with Gasteiger partial charge in [-0.3, -0.25) is 4.79 Å². The molecule has 1 saturated carbocycles. The van der Waals surface area contributed by atoms with Crippen molar-refractivity contribution in [2.45, 2.75) is 32.6 Å². The minimum absolute atomic E-state index is 0.116. The van der Waals surface area contributed by atoms with Gasteiger partial charge in [0.15, 0.2) is 0 Å². The molecule has 0 unspecified atom stereocenters. The highest BCUT2D eigenvalue weighted by atomic mass is 127. The fourth-order valence-electron chi connectivity index (χ4n) is 2.35. The summed E-state index contributed by atoms with van der Waals surface area (Å²) >= 11 is 8.32. The smallest absolute Gasteiger partial charge is 0.227 e. The molecule has 2 nitrogen and oxygen atoms in total. The molecule has 0 saturated heterocycles. The number of carbonyl (C=O) groups is 1. The van der Waals surface area contributed by atoms with Crippen molar-refractivity contribution >= 4 is 45.8 Å². The first-order chi connectivity index (χ1) is 8.56. The molecular weight excluding hydrogens is 361 g/mol. The summed E-state index contributed by atoms with van der Waals surface area (Å²) in [6, 6.07) is 5.68. The summed E-state index contributed by atoms with van der Waals surface area (Å²) < 4.78 is 1.07. The van der Waals surface area contributed by atoms with E-state index in [4.69, 9.17) is 11.6 Å². The Bertz CT molecular complexity index is 441. The van der Waals surface area contributed by atoms with E-state index in [2.05, 4.69) is 34.8 Å². The highest BCUT2D eigenvalue weighted by Gasteiger charge is 2.24. The molecule has 0 aliphatic heterocycles. The van der Waals surface area contributed by atoms with E-state index < -0.39 is 0 Å². The van der Waals surface area contributed by atoms with Gasteiger partial charge in [-0.2, -0.15) is 0 Å². The predicted molar refractivity (Wildman–Crippen MR) is 83.9 cm³/mol. The number of nitrogens with one attached hydrogen (secondary N) is 1. The van der Waals surface area contributed by atoms with Crippen molar-refractivity contribution in [2.75, 3.05) is 5.32 Å². The van der Waals surface area contributed by atoms with Crippen LogP contribution in [0.2, 0.25) is 5.02 Å². The largest absolute Gasteiger partial charge is 0.325 e. The zero-order valence-corrected chi connectivity index (χ0v) is 13.3. The van der Waals surface area contributed by atoms with Crippen LogP contribution in [0.5, 0.6) is 0 Å². The van der Waals surface area contributed by atoms with Crippen molar-refractivity contribution in [1.29, 1.82) is 0 Å². The Morgan fingerprint density at radius 3 is 2.61 bits per heavy atom. The topological polar surface area (TPSA) is 29.1 Å². The van der Waals surface area contributed by atoms with E-state index >= 15 is 0 Å². The Hall–Kier alpha value is -0.290. The molecule has 0 radical (unpaired) electrons. The molecule has 4 heteroatoms. The van der Waals surface area contributed by atoms with Crippen LogP contribution < -0.4 is 5.32 Å². The molecule has 1 aromatic carbocycles. The van der Waals surface area contributed by atoms with E-state index in [1.54, 1.807) is 0 Å². The van der Waals surface area contributed by atoms with Crippen molar-refractivity contribution in [3.63, 3.8) is 0 Å². The van der Waals surface area contributed by atoms with Crippen LogP contribution in [0.3, 0.4) is 0 Å². The maximum Gasteiger partial charge on any atom is 0.227 e. The van der Waals surface area contributed by atoms with Gasteiger partial charge in [0.1, 0.15) is 0 Å². The number of halogens is 2. The Morgan fingerprint density at radius 2 is 2.00 bits per heavy atom. The Balaban J connectivity index is 1.98. The van der Waals surface area contributed by atoms with Crippen molar-refractivity contribution in [3.8, 4) is 0 Å². The third kappa shape index (κ3) is 3.60. The fourth-order valence-corrected chi connectivity index (χ4v) is 3.25. The van der Waals surface area contributed by atoms with E-state index in [0.717, 1.165) is 40.9 Å². The fraction of sp³-hybridized carbons (Fsp3) is 0.500. The van der Waals surface area contributed by atoms with Gasteiger partial charge in [0.25, 0.3) is 0 Å². The van der Waals surface area contributed by atoms with Gasteiger partial charge in [-0.25, -0.2) is 0 Å². The second-order valence-electron chi connectivity index (χ2n) is 5.07. The number of hydrogen-bond donors (Lipinski definition) is 1. The number of hydrogen-bond acceptors (Lipinski definition) is 1. The molecule has 2 rings (SSSR count). The van der Waals surface area contributed by atoms with Gasteiger partial charge in [0, 0.05) is 9.49 Å². The zero-order valence-electron chi connectivity index (χ0n) is 10.4. The summed E-state index contributed by atoms with van der Waals surface area (Å²) in [5.41, 5.74) is 0.723. The SMILES string of the molecule is CC1CCC(C(=O)Nc2ccc(I)cc2Cl)CC1. The van der Waals surface area contributed by atoms with E-state index in [0.29, 0.717) is 5.02 Å². The third-order valence-electron chi connectivity index (χ3n) is 3.58. The average molecular weight is 378 g/mol. The van der Waals surface area contributed by atoms with Gasteiger partial charge in [0.05, 0.1) is 10.7 Å². The molecule has 98 valence electrons. The second kappa shape index (κ2) is 6.24. The molecule has 0 heterocycles. The van der Waals surface area contributed by atoms with Crippen LogP contribution in [0.4, 0.5) is 5.69 Å². The maximum absolute atomic E-state index is 12.1. The summed E-state index contributed by atoms with van der Waals surface area (Å²) in [5, 5.41) is 3.56. The number of amides is 1. The molecule has 1 N–H and O–H groups in total. The summed E-state index contributed by atoms with van der Waals surface area (Å²) in [6.45, 7) is 2.25. The van der Waals surface area contributed by atoms with E-state index in [-0.39, 0.29) is 11.8 Å². The third-order valence-corrected chi connectivity index (χ3v) is 4.56. The van der Waals surface area contributed by atoms with Crippen LogP contribution in [0.1, 0.15) is 32.6 Å². The van der Waals surface area contributed by atoms with Crippen LogP contribution in [0.15, 0.2) is 18.2 Å². The van der Waals surface area contributed by atoms with Crippen LogP contribution in [-0.2, 0) is 4.79 Å². The Labute approximate surface area is 127 Å². The lowest BCUT2D eigenvalue weighted by Crippen LogP contribution is -2.26. The molecule has 1 aliphatic rings. The molecule has 18 heavy (non-hydrogen) atoms. The lowest BCUT2D eigenvalue weighted by molar-refractivity contribution is -0.121. The van der Waals surface area contributed by atoms with Gasteiger partial charge in [-0.15, -0.1) is 0 Å². The van der Waals surface area contributed by atoms with Gasteiger partial charge < -0.3 is 5.32 Å². The Morgan fingerprint density at radius 1 is 1.33 bits per heavy atom. The van der Waals surface area contributed by atoms with Gasteiger partial charge >= 0.3 is 0 Å². The normalized spacial score (nSPS) is 23.7. The summed E-state index contributed by atoms with van der Waals surface area (Å²) in [7, 11) is 0.